The summed E-state index contributed by atoms with van der Waals surface area (Å²) in [5.41, 5.74) is 5.75. The van der Waals surface area contributed by atoms with Crippen molar-refractivity contribution >= 4 is 23.3 Å². The summed E-state index contributed by atoms with van der Waals surface area (Å²) in [5.74, 6) is 0.437. The number of hydrogen-bond acceptors (Lipinski definition) is 3. The van der Waals surface area contributed by atoms with Crippen molar-refractivity contribution in [1.29, 1.82) is 0 Å². The third kappa shape index (κ3) is 3.68. The number of carbonyl (C=O) groups is 1. The highest BCUT2D eigenvalue weighted by Crippen LogP contribution is 2.23. The van der Waals surface area contributed by atoms with Crippen molar-refractivity contribution in [3.8, 4) is 0 Å². The van der Waals surface area contributed by atoms with Crippen LogP contribution in [-0.4, -0.2) is 18.5 Å². The van der Waals surface area contributed by atoms with Gasteiger partial charge in [-0.1, -0.05) is 18.9 Å². The molecule has 1 aromatic heterocycles. The summed E-state index contributed by atoms with van der Waals surface area (Å²) in [5, 5.41) is 5.08. The molecule has 4 heteroatoms. The summed E-state index contributed by atoms with van der Waals surface area (Å²) in [7, 11) is 0. The molecule has 98 valence electrons. The summed E-state index contributed by atoms with van der Waals surface area (Å²) in [4.78, 5) is 12.9. The summed E-state index contributed by atoms with van der Waals surface area (Å²) >= 11 is 1.63. The van der Waals surface area contributed by atoms with Crippen molar-refractivity contribution in [3.63, 3.8) is 0 Å². The molecule has 0 bridgehead atoms. The maximum Gasteiger partial charge on any atom is 0.244 e. The minimum absolute atomic E-state index is 0.00579. The van der Waals surface area contributed by atoms with Gasteiger partial charge in [0, 0.05) is 17.0 Å². The molecule has 1 heterocycles. The van der Waals surface area contributed by atoms with E-state index < -0.39 is 0 Å². The molecule has 1 amide bonds. The zero-order valence-electron chi connectivity index (χ0n) is 10.5. The van der Waals surface area contributed by atoms with Crippen LogP contribution in [0.2, 0.25) is 0 Å². The quantitative estimate of drug-likeness (QED) is 0.820. The van der Waals surface area contributed by atoms with Gasteiger partial charge in [0.05, 0.1) is 0 Å². The topological polar surface area (TPSA) is 55.1 Å². The van der Waals surface area contributed by atoms with E-state index >= 15 is 0 Å². The molecule has 3 nitrogen and oxygen atoms in total. The summed E-state index contributed by atoms with van der Waals surface area (Å²) in [6.07, 6.45) is 8.10. The van der Waals surface area contributed by atoms with Crippen LogP contribution in [0.25, 0.3) is 6.08 Å². The van der Waals surface area contributed by atoms with Gasteiger partial charge in [-0.2, -0.15) is 0 Å². The molecule has 3 N–H and O–H groups in total. The fraction of sp³-hybridized carbons (Fsp3) is 0.500. The minimum atomic E-state index is -0.00579. The van der Waals surface area contributed by atoms with E-state index in [1.165, 1.54) is 12.8 Å². The average Bonchev–Trinajstić information content (AvgIpc) is 2.90. The number of carbonyl (C=O) groups excluding carboxylic acids is 1. The summed E-state index contributed by atoms with van der Waals surface area (Å²) in [6.45, 7) is 0.666. The highest BCUT2D eigenvalue weighted by atomic mass is 32.1. The van der Waals surface area contributed by atoms with Gasteiger partial charge in [0.2, 0.25) is 5.91 Å². The monoisotopic (exact) mass is 264 g/mol. The number of rotatable bonds is 4. The smallest absolute Gasteiger partial charge is 0.244 e. The van der Waals surface area contributed by atoms with E-state index in [0.29, 0.717) is 12.5 Å². The molecule has 0 spiro atoms. The molecule has 18 heavy (non-hydrogen) atoms. The number of nitrogens with two attached hydrogens (primary N) is 1. The minimum Gasteiger partial charge on any atom is -0.349 e. The first-order valence-corrected chi connectivity index (χ1v) is 7.39. The Morgan fingerprint density at radius 1 is 1.50 bits per heavy atom. The van der Waals surface area contributed by atoms with E-state index in [1.54, 1.807) is 17.4 Å². The third-order valence-electron chi connectivity index (χ3n) is 3.48. The molecule has 0 radical (unpaired) electrons. The standard InChI is InChI=1S/C14H20N2OS/c15-10-11-4-1-2-6-13(11)16-14(17)8-7-12-5-3-9-18-12/h3,5,7-9,11,13H,1-2,4,6,10,15H2,(H,16,17). The van der Waals surface area contributed by atoms with Crippen LogP contribution in [0.3, 0.4) is 0 Å². The molecule has 1 fully saturated rings. The predicted molar refractivity (Wildman–Crippen MR) is 76.3 cm³/mol. The second-order valence-corrected chi connectivity index (χ2v) is 5.72. The average molecular weight is 264 g/mol. The lowest BCUT2D eigenvalue weighted by atomic mass is 9.84. The predicted octanol–water partition coefficient (Wildman–Crippen LogP) is 2.40. The Labute approximate surface area is 112 Å². The number of hydrogen-bond donors (Lipinski definition) is 2. The molecule has 2 atom stereocenters. The normalized spacial score (nSPS) is 24.3. The second-order valence-electron chi connectivity index (χ2n) is 4.74. The van der Waals surface area contributed by atoms with Crippen LogP contribution in [0.1, 0.15) is 30.6 Å². The van der Waals surface area contributed by atoms with Gasteiger partial charge < -0.3 is 11.1 Å². The number of thiophene rings is 1. The van der Waals surface area contributed by atoms with Gasteiger partial charge in [-0.25, -0.2) is 0 Å². The van der Waals surface area contributed by atoms with Crippen LogP contribution in [0.15, 0.2) is 23.6 Å². The lowest BCUT2D eigenvalue weighted by molar-refractivity contribution is -0.117. The Morgan fingerprint density at radius 2 is 2.33 bits per heavy atom. The van der Waals surface area contributed by atoms with E-state index in [4.69, 9.17) is 5.73 Å². The SMILES string of the molecule is NCC1CCCCC1NC(=O)C=Cc1cccs1. The third-order valence-corrected chi connectivity index (χ3v) is 4.32. The first-order valence-electron chi connectivity index (χ1n) is 6.51. The fourth-order valence-corrected chi connectivity index (χ4v) is 3.07. The Morgan fingerprint density at radius 3 is 3.06 bits per heavy atom. The highest BCUT2D eigenvalue weighted by Gasteiger charge is 2.24. The van der Waals surface area contributed by atoms with Gasteiger partial charge >= 0.3 is 0 Å². The number of amides is 1. The van der Waals surface area contributed by atoms with Gasteiger partial charge in [0.15, 0.2) is 0 Å². The second kappa shape index (κ2) is 6.71. The van der Waals surface area contributed by atoms with E-state index in [2.05, 4.69) is 5.32 Å². The lowest BCUT2D eigenvalue weighted by Gasteiger charge is -2.30. The molecule has 1 aliphatic rings. The van der Waals surface area contributed by atoms with E-state index in [-0.39, 0.29) is 11.9 Å². The summed E-state index contributed by atoms with van der Waals surface area (Å²) in [6, 6.07) is 4.23. The van der Waals surface area contributed by atoms with Gasteiger partial charge in [-0.3, -0.25) is 4.79 Å². The maximum absolute atomic E-state index is 11.8. The van der Waals surface area contributed by atoms with Gasteiger partial charge in [0.25, 0.3) is 0 Å². The van der Waals surface area contributed by atoms with Crippen LogP contribution >= 0.6 is 11.3 Å². The molecule has 1 aliphatic carbocycles. The molecule has 0 aromatic carbocycles. The molecule has 2 rings (SSSR count). The van der Waals surface area contributed by atoms with Crippen molar-refractivity contribution in [2.75, 3.05) is 6.54 Å². The maximum atomic E-state index is 11.8. The Kier molecular flexibility index (Phi) is 4.96. The zero-order chi connectivity index (χ0) is 12.8. The van der Waals surface area contributed by atoms with Gasteiger partial charge in [-0.15, -0.1) is 11.3 Å². The molecule has 1 saturated carbocycles. The van der Waals surface area contributed by atoms with E-state index in [0.717, 1.165) is 17.7 Å². The lowest BCUT2D eigenvalue weighted by Crippen LogP contribution is -2.44. The van der Waals surface area contributed by atoms with E-state index in [9.17, 15) is 4.79 Å². The van der Waals surface area contributed by atoms with Crippen molar-refractivity contribution < 1.29 is 4.79 Å². The molecular formula is C14H20N2OS. The van der Waals surface area contributed by atoms with Crippen LogP contribution in [0.4, 0.5) is 0 Å². The van der Waals surface area contributed by atoms with Crippen LogP contribution in [0, 0.1) is 5.92 Å². The molecule has 1 aromatic rings. The zero-order valence-corrected chi connectivity index (χ0v) is 11.3. The first-order chi connectivity index (χ1) is 8.79. The van der Waals surface area contributed by atoms with Crippen molar-refractivity contribution in [3.05, 3.63) is 28.5 Å². The Balaban J connectivity index is 1.86. The van der Waals surface area contributed by atoms with Crippen LogP contribution < -0.4 is 11.1 Å². The van der Waals surface area contributed by atoms with Gasteiger partial charge in [-0.05, 0) is 42.8 Å². The Bertz CT molecular complexity index is 400. The highest BCUT2D eigenvalue weighted by molar-refractivity contribution is 7.10. The molecule has 2 unspecified atom stereocenters. The van der Waals surface area contributed by atoms with Crippen LogP contribution in [-0.2, 0) is 4.79 Å². The Hall–Kier alpha value is -1.13. The van der Waals surface area contributed by atoms with E-state index in [1.807, 2.05) is 23.6 Å². The van der Waals surface area contributed by atoms with Crippen LogP contribution in [0.5, 0.6) is 0 Å². The van der Waals surface area contributed by atoms with Gasteiger partial charge in [0.1, 0.15) is 0 Å². The van der Waals surface area contributed by atoms with Crippen molar-refractivity contribution in [2.45, 2.75) is 31.7 Å². The van der Waals surface area contributed by atoms with Crippen molar-refractivity contribution in [1.82, 2.24) is 5.32 Å². The molecular weight excluding hydrogens is 244 g/mol. The largest absolute Gasteiger partial charge is 0.349 e. The first kappa shape index (κ1) is 13.3. The molecule has 0 aliphatic heterocycles. The summed E-state index contributed by atoms with van der Waals surface area (Å²) < 4.78 is 0. The van der Waals surface area contributed by atoms with Crippen molar-refractivity contribution in [2.24, 2.45) is 11.7 Å². The fourth-order valence-electron chi connectivity index (χ4n) is 2.45. The molecule has 0 saturated heterocycles. The number of nitrogens with one attached hydrogen (secondary N) is 1.